The number of ether oxygens (including phenoxy) is 1. The molecule has 3 aromatic rings. The highest BCUT2D eigenvalue weighted by Crippen LogP contribution is 2.22. The van der Waals surface area contributed by atoms with Crippen LogP contribution in [0.15, 0.2) is 48.5 Å². The molecule has 29 heavy (non-hydrogen) atoms. The maximum absolute atomic E-state index is 13.9. The van der Waals surface area contributed by atoms with Gasteiger partial charge in [0.2, 0.25) is 0 Å². The summed E-state index contributed by atoms with van der Waals surface area (Å²) in [5, 5.41) is 5.14. The summed E-state index contributed by atoms with van der Waals surface area (Å²) in [6.45, 7) is 1.54. The highest BCUT2D eigenvalue weighted by atomic mass is 19.1. The number of para-hydroxylation sites is 1. The number of carbonyl (C=O) groups excluding carboxylic acids is 2. The van der Waals surface area contributed by atoms with Gasteiger partial charge in [-0.2, -0.15) is 0 Å². The quantitative estimate of drug-likeness (QED) is 0.635. The number of esters is 1. The topological polar surface area (TPSA) is 93.2 Å². The number of amides is 1. The minimum absolute atomic E-state index is 0.0276. The summed E-state index contributed by atoms with van der Waals surface area (Å²) in [5.74, 6) is -2.46. The maximum Gasteiger partial charge on any atom is 0.337 e. The van der Waals surface area contributed by atoms with Crippen LogP contribution in [0.1, 0.15) is 26.7 Å². The van der Waals surface area contributed by atoms with Gasteiger partial charge in [-0.3, -0.25) is 4.79 Å². The van der Waals surface area contributed by atoms with Gasteiger partial charge < -0.3 is 15.4 Å². The van der Waals surface area contributed by atoms with E-state index in [-0.39, 0.29) is 28.6 Å². The van der Waals surface area contributed by atoms with Gasteiger partial charge in [0, 0.05) is 11.8 Å². The van der Waals surface area contributed by atoms with E-state index in [1.807, 2.05) is 0 Å². The Kier molecular flexibility index (Phi) is 5.77. The van der Waals surface area contributed by atoms with Gasteiger partial charge in [0.05, 0.1) is 12.7 Å². The second-order valence-electron chi connectivity index (χ2n) is 5.93. The van der Waals surface area contributed by atoms with Crippen molar-refractivity contribution in [1.29, 1.82) is 0 Å². The van der Waals surface area contributed by atoms with Gasteiger partial charge in [-0.1, -0.05) is 12.1 Å². The van der Waals surface area contributed by atoms with E-state index < -0.39 is 23.5 Å². The molecule has 0 aliphatic heterocycles. The number of hydrogen-bond donors (Lipinski definition) is 2. The fourth-order valence-corrected chi connectivity index (χ4v) is 2.53. The summed E-state index contributed by atoms with van der Waals surface area (Å²) < 4.78 is 32.4. The molecule has 0 aliphatic carbocycles. The lowest BCUT2D eigenvalue weighted by Crippen LogP contribution is -2.16. The lowest BCUT2D eigenvalue weighted by molar-refractivity contribution is 0.0600. The van der Waals surface area contributed by atoms with E-state index in [0.717, 1.165) is 12.1 Å². The first-order valence-electron chi connectivity index (χ1n) is 8.44. The van der Waals surface area contributed by atoms with Crippen molar-refractivity contribution in [1.82, 2.24) is 9.97 Å². The van der Waals surface area contributed by atoms with Crippen molar-refractivity contribution in [2.75, 3.05) is 17.7 Å². The molecule has 0 saturated heterocycles. The van der Waals surface area contributed by atoms with Gasteiger partial charge in [0.1, 0.15) is 34.7 Å². The molecule has 0 unspecified atom stereocenters. The van der Waals surface area contributed by atoms with Crippen molar-refractivity contribution in [3.63, 3.8) is 0 Å². The number of aromatic nitrogens is 2. The standard InChI is InChI=1S/C20H16F2N4O3/c1-11-23-16(10-17(24-11)26-18-14(21)7-4-8-15(18)22)19(27)25-13-6-3-5-12(9-13)20(28)29-2/h3-10H,1-2H3,(H,25,27)(H,23,24,26). The van der Waals surface area contributed by atoms with Crippen LogP contribution in [0.5, 0.6) is 0 Å². The largest absolute Gasteiger partial charge is 0.465 e. The molecule has 0 fully saturated rings. The third-order valence-corrected chi connectivity index (χ3v) is 3.83. The van der Waals surface area contributed by atoms with Crippen molar-refractivity contribution in [2.24, 2.45) is 0 Å². The molecule has 7 nitrogen and oxygen atoms in total. The molecule has 9 heteroatoms. The Labute approximate surface area is 164 Å². The first kappa shape index (κ1) is 19.9. The van der Waals surface area contributed by atoms with Crippen LogP contribution in [0.4, 0.5) is 26.0 Å². The fourth-order valence-electron chi connectivity index (χ4n) is 2.53. The summed E-state index contributed by atoms with van der Waals surface area (Å²) in [7, 11) is 1.25. The highest BCUT2D eigenvalue weighted by Gasteiger charge is 2.15. The van der Waals surface area contributed by atoms with Crippen LogP contribution in [0.2, 0.25) is 0 Å². The van der Waals surface area contributed by atoms with Crippen LogP contribution in [-0.4, -0.2) is 29.0 Å². The molecule has 2 N–H and O–H groups in total. The number of rotatable bonds is 5. The van der Waals surface area contributed by atoms with Crippen molar-refractivity contribution in [3.8, 4) is 0 Å². The Hall–Kier alpha value is -3.88. The summed E-state index contributed by atoms with van der Waals surface area (Å²) in [6, 6.07) is 10.9. The van der Waals surface area contributed by atoms with Gasteiger partial charge >= 0.3 is 5.97 Å². The molecule has 3 rings (SSSR count). The minimum atomic E-state index is -0.799. The summed E-state index contributed by atoms with van der Waals surface area (Å²) in [6.07, 6.45) is 0. The zero-order chi connectivity index (χ0) is 21.0. The molecule has 0 bridgehead atoms. The zero-order valence-corrected chi connectivity index (χ0v) is 15.5. The molecular formula is C20H16F2N4O3. The molecule has 148 valence electrons. The Bertz CT molecular complexity index is 1070. The van der Waals surface area contributed by atoms with Crippen molar-refractivity contribution < 1.29 is 23.1 Å². The number of aryl methyl sites for hydroxylation is 1. The van der Waals surface area contributed by atoms with Crippen LogP contribution in [0.3, 0.4) is 0 Å². The number of nitrogens with one attached hydrogen (secondary N) is 2. The number of carbonyl (C=O) groups is 2. The van der Waals surface area contributed by atoms with Crippen molar-refractivity contribution in [3.05, 3.63) is 77.2 Å². The van der Waals surface area contributed by atoms with Crippen molar-refractivity contribution >= 4 is 29.1 Å². The van der Waals surface area contributed by atoms with E-state index in [2.05, 4.69) is 25.3 Å². The van der Waals surface area contributed by atoms with Crippen molar-refractivity contribution in [2.45, 2.75) is 6.92 Å². The van der Waals surface area contributed by atoms with E-state index in [0.29, 0.717) is 5.69 Å². The molecule has 0 radical (unpaired) electrons. The van der Waals surface area contributed by atoms with E-state index in [1.165, 1.54) is 32.2 Å². The van der Waals surface area contributed by atoms with Crippen LogP contribution >= 0.6 is 0 Å². The fraction of sp³-hybridized carbons (Fsp3) is 0.100. The van der Waals surface area contributed by atoms with Gasteiger partial charge in [0.15, 0.2) is 0 Å². The first-order valence-corrected chi connectivity index (χ1v) is 8.44. The normalized spacial score (nSPS) is 10.3. The lowest BCUT2D eigenvalue weighted by Gasteiger charge is -2.11. The smallest absolute Gasteiger partial charge is 0.337 e. The summed E-state index contributed by atoms with van der Waals surface area (Å²) in [5.41, 5.74) is 0.202. The number of anilines is 3. The number of halogens is 2. The molecule has 0 aliphatic rings. The molecule has 1 heterocycles. The Balaban J connectivity index is 1.84. The Morgan fingerprint density at radius 2 is 1.69 bits per heavy atom. The zero-order valence-electron chi connectivity index (χ0n) is 15.5. The highest BCUT2D eigenvalue weighted by molar-refractivity contribution is 6.04. The third kappa shape index (κ3) is 4.70. The Morgan fingerprint density at radius 3 is 2.38 bits per heavy atom. The summed E-state index contributed by atoms with van der Waals surface area (Å²) >= 11 is 0. The number of methoxy groups -OCH3 is 1. The van der Waals surface area contributed by atoms with E-state index in [4.69, 9.17) is 0 Å². The SMILES string of the molecule is COC(=O)c1cccc(NC(=O)c2cc(Nc3c(F)cccc3F)nc(C)n2)c1. The van der Waals surface area contributed by atoms with E-state index in [9.17, 15) is 18.4 Å². The van der Waals surface area contributed by atoms with Gasteiger partial charge in [-0.05, 0) is 37.3 Å². The van der Waals surface area contributed by atoms with Crippen LogP contribution in [-0.2, 0) is 4.74 Å². The molecular weight excluding hydrogens is 382 g/mol. The number of nitrogens with zero attached hydrogens (tertiary/aromatic N) is 2. The van der Waals surface area contributed by atoms with Gasteiger partial charge in [-0.15, -0.1) is 0 Å². The number of benzene rings is 2. The first-order chi connectivity index (χ1) is 13.9. The lowest BCUT2D eigenvalue weighted by atomic mass is 10.2. The minimum Gasteiger partial charge on any atom is -0.465 e. The summed E-state index contributed by atoms with van der Waals surface area (Å²) in [4.78, 5) is 32.3. The average molecular weight is 398 g/mol. The third-order valence-electron chi connectivity index (χ3n) is 3.83. The predicted molar refractivity (Wildman–Crippen MR) is 102 cm³/mol. The van der Waals surface area contributed by atoms with Gasteiger partial charge in [0.25, 0.3) is 5.91 Å². The van der Waals surface area contributed by atoms with Crippen LogP contribution in [0, 0.1) is 18.6 Å². The molecule has 1 aromatic heterocycles. The Morgan fingerprint density at radius 1 is 1.00 bits per heavy atom. The average Bonchev–Trinajstić information content (AvgIpc) is 2.70. The van der Waals surface area contributed by atoms with Crippen LogP contribution in [0.25, 0.3) is 0 Å². The molecule has 0 atom stereocenters. The van der Waals surface area contributed by atoms with E-state index >= 15 is 0 Å². The number of hydrogen-bond acceptors (Lipinski definition) is 6. The second kappa shape index (κ2) is 8.42. The predicted octanol–water partition coefficient (Wildman–Crippen LogP) is 3.85. The maximum atomic E-state index is 13.9. The molecule has 0 saturated carbocycles. The van der Waals surface area contributed by atoms with E-state index in [1.54, 1.807) is 18.2 Å². The second-order valence-corrected chi connectivity index (χ2v) is 5.93. The molecule has 1 amide bonds. The van der Waals surface area contributed by atoms with Crippen LogP contribution < -0.4 is 10.6 Å². The molecule has 2 aromatic carbocycles. The van der Waals surface area contributed by atoms with Gasteiger partial charge in [-0.25, -0.2) is 23.5 Å². The molecule has 0 spiro atoms. The monoisotopic (exact) mass is 398 g/mol.